The van der Waals surface area contributed by atoms with E-state index in [0.717, 1.165) is 12.0 Å². The van der Waals surface area contributed by atoms with Crippen LogP contribution in [0.3, 0.4) is 0 Å². The number of benzene rings is 2. The molecule has 24 heavy (non-hydrogen) atoms. The van der Waals surface area contributed by atoms with Crippen LogP contribution >= 0.6 is 0 Å². The summed E-state index contributed by atoms with van der Waals surface area (Å²) in [6.45, 7) is 3.53. The Morgan fingerprint density at radius 2 is 1.83 bits per heavy atom. The lowest BCUT2D eigenvalue weighted by atomic mass is 10.1. The molecule has 126 valence electrons. The first-order valence-electron chi connectivity index (χ1n) is 7.61. The smallest absolute Gasteiger partial charge is 0.279 e. The van der Waals surface area contributed by atoms with Crippen LogP contribution in [0.4, 0.5) is 4.39 Å². The number of halogens is 1. The summed E-state index contributed by atoms with van der Waals surface area (Å²) in [6.07, 6.45) is -0.0114. The van der Waals surface area contributed by atoms with Gasteiger partial charge in [-0.1, -0.05) is 25.1 Å². The van der Waals surface area contributed by atoms with Gasteiger partial charge >= 0.3 is 0 Å². The maximum atomic E-state index is 13.1. The van der Waals surface area contributed by atoms with Crippen LogP contribution in [0.2, 0.25) is 0 Å². The van der Waals surface area contributed by atoms with Crippen molar-refractivity contribution < 1.29 is 18.7 Å². The molecule has 2 N–H and O–H groups in total. The fraction of sp³-hybridized carbons (Fsp3) is 0.222. The molecule has 2 amide bonds. The van der Waals surface area contributed by atoms with E-state index in [1.807, 2.05) is 19.1 Å². The molecule has 0 aliphatic carbocycles. The van der Waals surface area contributed by atoms with Gasteiger partial charge in [-0.05, 0) is 43.2 Å². The van der Waals surface area contributed by atoms with Crippen molar-refractivity contribution in [2.75, 3.05) is 0 Å². The van der Waals surface area contributed by atoms with Gasteiger partial charge in [0, 0.05) is 11.6 Å². The molecule has 0 radical (unpaired) electrons. The van der Waals surface area contributed by atoms with Crippen LogP contribution in [0.5, 0.6) is 5.75 Å². The summed E-state index contributed by atoms with van der Waals surface area (Å²) in [4.78, 5) is 23.9. The molecule has 0 saturated heterocycles. The summed E-state index contributed by atoms with van der Waals surface area (Å²) >= 11 is 0. The molecule has 0 aromatic heterocycles. The van der Waals surface area contributed by atoms with Gasteiger partial charge in [0.05, 0.1) is 0 Å². The topological polar surface area (TPSA) is 67.4 Å². The molecule has 2 rings (SSSR count). The van der Waals surface area contributed by atoms with E-state index in [1.54, 1.807) is 18.2 Å². The average molecular weight is 330 g/mol. The van der Waals surface area contributed by atoms with E-state index in [4.69, 9.17) is 4.74 Å². The van der Waals surface area contributed by atoms with Gasteiger partial charge in [-0.3, -0.25) is 20.4 Å². The fourth-order valence-corrected chi connectivity index (χ4v) is 1.98. The highest BCUT2D eigenvalue weighted by atomic mass is 19.1. The summed E-state index contributed by atoms with van der Waals surface area (Å²) in [6, 6.07) is 12.6. The number of hydrogen-bond acceptors (Lipinski definition) is 3. The summed E-state index contributed by atoms with van der Waals surface area (Å²) in [5.41, 5.74) is 6.16. The van der Waals surface area contributed by atoms with E-state index < -0.39 is 23.7 Å². The zero-order chi connectivity index (χ0) is 17.5. The summed E-state index contributed by atoms with van der Waals surface area (Å²) in [5.74, 6) is -1.19. The maximum absolute atomic E-state index is 13.1. The van der Waals surface area contributed by atoms with E-state index >= 15 is 0 Å². The van der Waals surface area contributed by atoms with Crippen LogP contribution in [0, 0.1) is 5.82 Å². The summed E-state index contributed by atoms with van der Waals surface area (Å²) < 4.78 is 18.4. The van der Waals surface area contributed by atoms with Gasteiger partial charge in [0.25, 0.3) is 11.8 Å². The summed E-state index contributed by atoms with van der Waals surface area (Å²) in [5, 5.41) is 0. The first-order valence-corrected chi connectivity index (χ1v) is 7.61. The molecule has 1 atom stereocenters. The fourth-order valence-electron chi connectivity index (χ4n) is 1.98. The number of aryl methyl sites for hydroxylation is 1. The Morgan fingerprint density at radius 1 is 1.12 bits per heavy atom. The summed E-state index contributed by atoms with van der Waals surface area (Å²) in [7, 11) is 0. The Morgan fingerprint density at radius 3 is 2.46 bits per heavy atom. The van der Waals surface area contributed by atoms with E-state index in [9.17, 15) is 14.0 Å². The molecule has 0 aliphatic rings. The van der Waals surface area contributed by atoms with Crippen LogP contribution in [0.25, 0.3) is 0 Å². The number of rotatable bonds is 5. The Hall–Kier alpha value is -2.89. The third-order valence-electron chi connectivity index (χ3n) is 3.40. The van der Waals surface area contributed by atoms with Gasteiger partial charge in [0.15, 0.2) is 6.10 Å². The van der Waals surface area contributed by atoms with Crippen LogP contribution in [0.1, 0.15) is 29.8 Å². The Balaban J connectivity index is 1.86. The maximum Gasteiger partial charge on any atom is 0.279 e. The highest BCUT2D eigenvalue weighted by Crippen LogP contribution is 2.13. The second-order valence-electron chi connectivity index (χ2n) is 5.21. The molecule has 0 fully saturated rings. The zero-order valence-corrected chi connectivity index (χ0v) is 13.5. The molecule has 0 bridgehead atoms. The van der Waals surface area contributed by atoms with Crippen LogP contribution < -0.4 is 15.6 Å². The van der Waals surface area contributed by atoms with Crippen LogP contribution in [-0.2, 0) is 11.2 Å². The molecule has 0 saturated carbocycles. The molecule has 2 aromatic rings. The third-order valence-corrected chi connectivity index (χ3v) is 3.40. The third kappa shape index (κ3) is 4.81. The molecule has 0 spiro atoms. The van der Waals surface area contributed by atoms with E-state index in [0.29, 0.717) is 5.56 Å². The molecule has 6 heteroatoms. The standard InChI is InChI=1S/C18H19FN2O3/c1-3-13-7-9-14(10-8-13)18(23)21-20-17(22)12(2)24-16-6-4-5-15(19)11-16/h4-12H,3H2,1-2H3,(H,20,22)(H,21,23). The zero-order valence-electron chi connectivity index (χ0n) is 13.5. The number of carbonyl (C=O) groups excluding carboxylic acids is 2. The quantitative estimate of drug-likeness (QED) is 0.828. The number of carbonyl (C=O) groups is 2. The number of ether oxygens (including phenoxy) is 1. The van der Waals surface area contributed by atoms with Crippen molar-refractivity contribution in [2.24, 2.45) is 0 Å². The molecule has 0 aliphatic heterocycles. The van der Waals surface area contributed by atoms with Crippen molar-refractivity contribution in [2.45, 2.75) is 26.4 Å². The van der Waals surface area contributed by atoms with E-state index in [1.165, 1.54) is 25.1 Å². The van der Waals surface area contributed by atoms with E-state index in [-0.39, 0.29) is 5.75 Å². The predicted octanol–water partition coefficient (Wildman–Crippen LogP) is 2.62. The van der Waals surface area contributed by atoms with Crippen molar-refractivity contribution in [3.63, 3.8) is 0 Å². The second-order valence-corrected chi connectivity index (χ2v) is 5.21. The molecule has 5 nitrogen and oxygen atoms in total. The number of hydrogen-bond donors (Lipinski definition) is 2. The van der Waals surface area contributed by atoms with Gasteiger partial charge in [-0.2, -0.15) is 0 Å². The number of amides is 2. The Labute approximate surface area is 139 Å². The molecular formula is C18H19FN2O3. The Kier molecular flexibility index (Phi) is 5.89. The monoisotopic (exact) mass is 330 g/mol. The SMILES string of the molecule is CCc1ccc(C(=O)NNC(=O)C(C)Oc2cccc(F)c2)cc1. The van der Waals surface area contributed by atoms with Gasteiger partial charge < -0.3 is 4.74 Å². The highest BCUT2D eigenvalue weighted by Gasteiger charge is 2.16. The van der Waals surface area contributed by atoms with Gasteiger partial charge in [0.2, 0.25) is 0 Å². The van der Waals surface area contributed by atoms with Crippen molar-refractivity contribution in [3.8, 4) is 5.75 Å². The predicted molar refractivity (Wildman–Crippen MR) is 87.9 cm³/mol. The van der Waals surface area contributed by atoms with Crippen molar-refractivity contribution in [3.05, 3.63) is 65.5 Å². The van der Waals surface area contributed by atoms with E-state index in [2.05, 4.69) is 10.9 Å². The van der Waals surface area contributed by atoms with Gasteiger partial charge in [-0.25, -0.2) is 4.39 Å². The second kappa shape index (κ2) is 8.10. The Bertz CT molecular complexity index is 716. The molecular weight excluding hydrogens is 311 g/mol. The van der Waals surface area contributed by atoms with Crippen molar-refractivity contribution in [1.82, 2.24) is 10.9 Å². The minimum atomic E-state index is -0.894. The lowest BCUT2D eigenvalue weighted by Crippen LogP contribution is -2.47. The highest BCUT2D eigenvalue weighted by molar-refractivity contribution is 5.95. The largest absolute Gasteiger partial charge is 0.481 e. The minimum absolute atomic E-state index is 0.235. The lowest BCUT2D eigenvalue weighted by molar-refractivity contribution is -0.128. The minimum Gasteiger partial charge on any atom is -0.481 e. The van der Waals surface area contributed by atoms with Gasteiger partial charge in [0.1, 0.15) is 11.6 Å². The lowest BCUT2D eigenvalue weighted by Gasteiger charge is -2.15. The number of nitrogens with one attached hydrogen (secondary N) is 2. The van der Waals surface area contributed by atoms with Crippen LogP contribution in [-0.4, -0.2) is 17.9 Å². The van der Waals surface area contributed by atoms with Crippen molar-refractivity contribution in [1.29, 1.82) is 0 Å². The first kappa shape index (κ1) is 17.5. The number of hydrazine groups is 1. The average Bonchev–Trinajstić information content (AvgIpc) is 2.59. The molecule has 0 heterocycles. The normalized spacial score (nSPS) is 11.5. The first-order chi connectivity index (χ1) is 11.5. The van der Waals surface area contributed by atoms with Crippen LogP contribution in [0.15, 0.2) is 48.5 Å². The molecule has 1 unspecified atom stereocenters. The van der Waals surface area contributed by atoms with Gasteiger partial charge in [-0.15, -0.1) is 0 Å². The molecule has 2 aromatic carbocycles. The van der Waals surface area contributed by atoms with Crippen molar-refractivity contribution >= 4 is 11.8 Å².